The zero-order valence-electron chi connectivity index (χ0n) is 13.3. The number of ether oxygens (including phenoxy) is 1. The number of nitrogens with zero attached hydrogens (tertiary/aromatic N) is 1. The number of benzene rings is 1. The summed E-state index contributed by atoms with van der Waals surface area (Å²) in [5, 5.41) is 9.67. The molecule has 2 heterocycles. The minimum absolute atomic E-state index is 0.0827. The number of thioether (sulfide) groups is 1. The number of hydrogen-bond donors (Lipinski definition) is 2. The number of aryl methyl sites for hydroxylation is 1. The van der Waals surface area contributed by atoms with Gasteiger partial charge in [0.15, 0.2) is 0 Å². The molecular weight excluding hydrogens is 328 g/mol. The van der Waals surface area contributed by atoms with Crippen molar-refractivity contribution in [1.82, 2.24) is 9.55 Å². The van der Waals surface area contributed by atoms with E-state index in [0.717, 1.165) is 5.75 Å². The number of H-pyrrole nitrogens is 1. The predicted octanol–water partition coefficient (Wildman–Crippen LogP) is 1.43. The second kappa shape index (κ2) is 7.38. The van der Waals surface area contributed by atoms with Gasteiger partial charge in [0.25, 0.3) is 5.56 Å². The van der Waals surface area contributed by atoms with Crippen LogP contribution in [0.3, 0.4) is 0 Å². The Bertz CT molecular complexity index is 802. The Labute approximate surface area is 143 Å². The van der Waals surface area contributed by atoms with Crippen LogP contribution in [0, 0.1) is 6.92 Å². The highest BCUT2D eigenvalue weighted by atomic mass is 32.2. The molecule has 1 aromatic heterocycles. The van der Waals surface area contributed by atoms with Crippen LogP contribution in [-0.2, 0) is 10.5 Å². The molecule has 7 heteroatoms. The third-order valence-electron chi connectivity index (χ3n) is 4.12. The summed E-state index contributed by atoms with van der Waals surface area (Å²) in [6.07, 6.45) is 1.32. The van der Waals surface area contributed by atoms with Crippen LogP contribution in [-0.4, -0.2) is 32.6 Å². The topological polar surface area (TPSA) is 84.3 Å². The molecule has 1 aromatic carbocycles. The van der Waals surface area contributed by atoms with E-state index in [1.807, 2.05) is 18.2 Å². The molecule has 128 valence electrons. The summed E-state index contributed by atoms with van der Waals surface area (Å²) in [5.41, 5.74) is 0.794. The molecule has 0 aliphatic carbocycles. The van der Waals surface area contributed by atoms with Gasteiger partial charge in [-0.15, -0.1) is 0 Å². The van der Waals surface area contributed by atoms with Gasteiger partial charge in [-0.05, 0) is 12.5 Å². The molecule has 2 N–H and O–H groups in total. The first-order valence-electron chi connectivity index (χ1n) is 7.82. The first-order valence-corrected chi connectivity index (χ1v) is 8.87. The molecule has 1 aliphatic heterocycles. The van der Waals surface area contributed by atoms with Crippen molar-refractivity contribution in [2.24, 2.45) is 0 Å². The van der Waals surface area contributed by atoms with Crippen LogP contribution >= 0.6 is 11.8 Å². The average molecular weight is 348 g/mol. The molecule has 0 saturated carbocycles. The van der Waals surface area contributed by atoms with Crippen molar-refractivity contribution in [2.75, 3.05) is 6.61 Å². The van der Waals surface area contributed by atoms with Crippen molar-refractivity contribution >= 4 is 11.8 Å². The number of nitrogens with one attached hydrogen (secondary N) is 1. The number of hydrogen-bond acceptors (Lipinski definition) is 5. The van der Waals surface area contributed by atoms with Crippen molar-refractivity contribution in [3.8, 4) is 0 Å². The first-order chi connectivity index (χ1) is 11.6. The quantitative estimate of drug-likeness (QED) is 0.854. The number of aliphatic hydroxyl groups excluding tert-OH is 1. The molecule has 0 spiro atoms. The summed E-state index contributed by atoms with van der Waals surface area (Å²) >= 11 is 1.71. The van der Waals surface area contributed by atoms with Crippen LogP contribution in [0.25, 0.3) is 0 Å². The number of aromatic amines is 1. The third-order valence-corrected chi connectivity index (χ3v) is 5.55. The smallest absolute Gasteiger partial charge is 0.330 e. The molecule has 0 radical (unpaired) electrons. The maximum atomic E-state index is 12.0. The first kappa shape index (κ1) is 17.0. The Morgan fingerprint density at radius 2 is 2.08 bits per heavy atom. The molecule has 2 aromatic rings. The van der Waals surface area contributed by atoms with E-state index in [1.54, 1.807) is 18.7 Å². The zero-order valence-corrected chi connectivity index (χ0v) is 14.2. The van der Waals surface area contributed by atoms with Crippen LogP contribution in [0.15, 0.2) is 46.1 Å². The van der Waals surface area contributed by atoms with Crippen LogP contribution in [0.4, 0.5) is 0 Å². The summed E-state index contributed by atoms with van der Waals surface area (Å²) in [4.78, 5) is 25.8. The van der Waals surface area contributed by atoms with Gasteiger partial charge in [-0.1, -0.05) is 30.3 Å². The van der Waals surface area contributed by atoms with E-state index in [-0.39, 0.29) is 23.5 Å². The largest absolute Gasteiger partial charge is 0.394 e. The SMILES string of the molecule is Cc1cn([C@@H]2C[C@H](SCc3ccccc3)[C@@H](CO)O2)c(=O)[nH]c1=O. The standard InChI is InChI=1S/C17H20N2O4S/c1-11-8-19(17(22)18-16(11)21)15-7-14(13(9-20)23-15)24-10-12-5-3-2-4-6-12/h2-6,8,13-15,20H,7,9-10H2,1H3,(H,18,21,22)/t13-,14+,15+/m1/s1. The van der Waals surface area contributed by atoms with Crippen LogP contribution in [0.1, 0.15) is 23.8 Å². The molecule has 24 heavy (non-hydrogen) atoms. The molecule has 0 bridgehead atoms. The van der Waals surface area contributed by atoms with Crippen molar-refractivity contribution in [3.05, 3.63) is 68.5 Å². The van der Waals surface area contributed by atoms with E-state index in [0.29, 0.717) is 12.0 Å². The van der Waals surface area contributed by atoms with Crippen LogP contribution in [0.2, 0.25) is 0 Å². The number of rotatable bonds is 5. The third kappa shape index (κ3) is 3.63. The van der Waals surface area contributed by atoms with Gasteiger partial charge in [-0.25, -0.2) is 4.79 Å². The normalized spacial score (nSPS) is 23.5. The van der Waals surface area contributed by atoms with Gasteiger partial charge >= 0.3 is 5.69 Å². The lowest BCUT2D eigenvalue weighted by Crippen LogP contribution is -2.33. The Hall–Kier alpha value is -1.83. The van der Waals surface area contributed by atoms with Gasteiger partial charge in [0.1, 0.15) is 6.23 Å². The Balaban J connectivity index is 1.73. The minimum Gasteiger partial charge on any atom is -0.394 e. The summed E-state index contributed by atoms with van der Waals surface area (Å²) < 4.78 is 7.25. The fraction of sp³-hybridized carbons (Fsp3) is 0.412. The highest BCUT2D eigenvalue weighted by molar-refractivity contribution is 7.99. The predicted molar refractivity (Wildman–Crippen MR) is 93.2 cm³/mol. The minimum atomic E-state index is -0.485. The number of aliphatic hydroxyl groups is 1. The lowest BCUT2D eigenvalue weighted by Gasteiger charge is -2.15. The molecule has 6 nitrogen and oxygen atoms in total. The molecule has 3 atom stereocenters. The van der Waals surface area contributed by atoms with Gasteiger partial charge < -0.3 is 9.84 Å². The average Bonchev–Trinajstić information content (AvgIpc) is 3.00. The zero-order chi connectivity index (χ0) is 17.1. The molecule has 3 rings (SSSR count). The second-order valence-corrected chi connectivity index (χ2v) is 7.09. The molecule has 0 amide bonds. The van der Waals surface area contributed by atoms with Crippen LogP contribution < -0.4 is 11.2 Å². The van der Waals surface area contributed by atoms with E-state index in [2.05, 4.69) is 17.1 Å². The molecule has 1 fully saturated rings. The van der Waals surface area contributed by atoms with Gasteiger partial charge in [0.05, 0.1) is 12.7 Å². The Morgan fingerprint density at radius 3 is 2.79 bits per heavy atom. The second-order valence-electron chi connectivity index (χ2n) is 5.86. The van der Waals surface area contributed by atoms with E-state index >= 15 is 0 Å². The van der Waals surface area contributed by atoms with Gasteiger partial charge in [-0.3, -0.25) is 14.3 Å². The lowest BCUT2D eigenvalue weighted by molar-refractivity contribution is -0.0238. The fourth-order valence-electron chi connectivity index (χ4n) is 2.79. The van der Waals surface area contributed by atoms with E-state index in [9.17, 15) is 14.7 Å². The highest BCUT2D eigenvalue weighted by Gasteiger charge is 2.36. The fourth-order valence-corrected chi connectivity index (χ4v) is 4.05. The highest BCUT2D eigenvalue weighted by Crippen LogP contribution is 2.36. The van der Waals surface area contributed by atoms with Crippen molar-refractivity contribution in [3.63, 3.8) is 0 Å². The summed E-state index contributed by atoms with van der Waals surface area (Å²) in [7, 11) is 0. The van der Waals surface area contributed by atoms with Gasteiger partial charge in [-0.2, -0.15) is 11.8 Å². The Morgan fingerprint density at radius 1 is 1.33 bits per heavy atom. The lowest BCUT2D eigenvalue weighted by atomic mass is 10.2. The van der Waals surface area contributed by atoms with E-state index in [4.69, 9.17) is 4.74 Å². The van der Waals surface area contributed by atoms with Crippen molar-refractivity contribution < 1.29 is 9.84 Å². The van der Waals surface area contributed by atoms with Crippen LogP contribution in [0.5, 0.6) is 0 Å². The monoisotopic (exact) mass is 348 g/mol. The summed E-state index contributed by atoms with van der Waals surface area (Å²) in [6.45, 7) is 1.55. The van der Waals surface area contributed by atoms with Gasteiger partial charge in [0.2, 0.25) is 0 Å². The maximum Gasteiger partial charge on any atom is 0.330 e. The molecule has 1 saturated heterocycles. The molecule has 0 unspecified atom stereocenters. The Kier molecular flexibility index (Phi) is 5.23. The molecule has 1 aliphatic rings. The number of aromatic nitrogens is 2. The summed E-state index contributed by atoms with van der Waals surface area (Å²) in [5.74, 6) is 0.817. The summed E-state index contributed by atoms with van der Waals surface area (Å²) in [6, 6.07) is 10.1. The molecular formula is C17H20N2O4S. The van der Waals surface area contributed by atoms with E-state index < -0.39 is 11.9 Å². The maximum absolute atomic E-state index is 12.0. The van der Waals surface area contributed by atoms with Gasteiger partial charge in [0, 0.05) is 29.2 Å². The van der Waals surface area contributed by atoms with Crippen molar-refractivity contribution in [2.45, 2.75) is 36.7 Å². The van der Waals surface area contributed by atoms with Crippen molar-refractivity contribution in [1.29, 1.82) is 0 Å². The van der Waals surface area contributed by atoms with E-state index in [1.165, 1.54) is 16.3 Å².